The molecular formula is C21H16F4N4O2S. The van der Waals surface area contributed by atoms with Crippen molar-refractivity contribution >= 4 is 40.5 Å². The first kappa shape index (κ1) is 19.2. The number of nitrogens with zero attached hydrogens (tertiary/aromatic N) is 3. The van der Waals surface area contributed by atoms with Crippen molar-refractivity contribution in [3.8, 4) is 6.07 Å². The van der Waals surface area contributed by atoms with Crippen LogP contribution in [0, 0.1) is 17.1 Å². The molecule has 0 aromatic heterocycles. The molecule has 2 aromatic carbocycles. The molecule has 1 aliphatic rings. The Bertz CT molecular complexity index is 1290. The maximum atomic E-state index is 14.7. The third kappa shape index (κ3) is 3.67. The minimum Gasteiger partial charge on any atom is -0.355 e. The lowest BCUT2D eigenvalue weighted by molar-refractivity contribution is -0.137. The standard InChI is InChI=1S/C21H16F4N4O2S/c1-20(2)18(31)28(12-5-4-11(10-26)15(8-12)21(23,24)25)19(32)29(20)13-6-7-14(16(22)9-13)17(30)27-3/h4-9H,1-3H3,(H,27,30)/i3D3. The summed E-state index contributed by atoms with van der Waals surface area (Å²) in [6.45, 7) is -0.00378. The molecule has 6 nitrogen and oxygen atoms in total. The van der Waals surface area contributed by atoms with Crippen LogP contribution in [0.3, 0.4) is 0 Å². The van der Waals surface area contributed by atoms with E-state index >= 15 is 0 Å². The van der Waals surface area contributed by atoms with Crippen LogP contribution >= 0.6 is 12.2 Å². The van der Waals surface area contributed by atoms with E-state index in [4.69, 9.17) is 21.6 Å². The van der Waals surface area contributed by atoms with E-state index < -0.39 is 53.0 Å². The van der Waals surface area contributed by atoms with Crippen molar-refractivity contribution in [2.75, 3.05) is 16.8 Å². The molecule has 1 heterocycles. The van der Waals surface area contributed by atoms with Gasteiger partial charge in [0.05, 0.1) is 28.4 Å². The molecule has 32 heavy (non-hydrogen) atoms. The fourth-order valence-corrected chi connectivity index (χ4v) is 3.88. The zero-order valence-corrected chi connectivity index (χ0v) is 17.4. The quantitative estimate of drug-likeness (QED) is 0.546. The Balaban J connectivity index is 2.04. The molecule has 166 valence electrons. The summed E-state index contributed by atoms with van der Waals surface area (Å²) in [4.78, 5) is 27.3. The summed E-state index contributed by atoms with van der Waals surface area (Å²) in [7, 11) is 0. The molecule has 1 fully saturated rings. The summed E-state index contributed by atoms with van der Waals surface area (Å²) in [6.07, 6.45) is -4.87. The highest BCUT2D eigenvalue weighted by molar-refractivity contribution is 7.81. The van der Waals surface area contributed by atoms with Crippen molar-refractivity contribution in [3.63, 3.8) is 0 Å². The van der Waals surface area contributed by atoms with Gasteiger partial charge < -0.3 is 10.2 Å². The minimum atomic E-state index is -4.87. The van der Waals surface area contributed by atoms with E-state index in [-0.39, 0.29) is 16.5 Å². The molecule has 0 bridgehead atoms. The lowest BCUT2D eigenvalue weighted by Gasteiger charge is -2.29. The number of carbonyl (C=O) groups is 2. The van der Waals surface area contributed by atoms with Crippen molar-refractivity contribution < 1.29 is 31.3 Å². The third-order valence-corrected chi connectivity index (χ3v) is 5.29. The van der Waals surface area contributed by atoms with Crippen LogP contribution in [0.4, 0.5) is 28.9 Å². The SMILES string of the molecule is [2H]C([2H])([2H])NC(=O)c1ccc(N2C(=S)N(c3ccc(C#N)c(C(F)(F)F)c3)C(=O)C2(C)C)cc1F. The van der Waals surface area contributed by atoms with Crippen LogP contribution in [0.25, 0.3) is 0 Å². The van der Waals surface area contributed by atoms with Gasteiger partial charge in [0.2, 0.25) is 0 Å². The van der Waals surface area contributed by atoms with Crippen LogP contribution in [0.2, 0.25) is 0 Å². The fourth-order valence-electron chi connectivity index (χ4n) is 3.35. The number of amides is 2. The molecule has 1 aliphatic heterocycles. The van der Waals surface area contributed by atoms with Gasteiger partial charge in [-0.1, -0.05) is 0 Å². The van der Waals surface area contributed by atoms with Crippen LogP contribution in [-0.2, 0) is 11.0 Å². The molecule has 2 aromatic rings. The Labute approximate surface area is 190 Å². The van der Waals surface area contributed by atoms with Gasteiger partial charge in [-0.05, 0) is 62.5 Å². The molecule has 0 unspecified atom stereocenters. The number of nitrogens with one attached hydrogen (secondary N) is 1. The van der Waals surface area contributed by atoms with E-state index in [0.29, 0.717) is 6.07 Å². The van der Waals surface area contributed by atoms with Gasteiger partial charge in [-0.15, -0.1) is 0 Å². The monoisotopic (exact) mass is 467 g/mol. The minimum absolute atomic E-state index is 0.00322. The fraction of sp³-hybridized carbons (Fsp3) is 0.238. The van der Waals surface area contributed by atoms with Crippen molar-refractivity contribution in [3.05, 3.63) is 58.9 Å². The van der Waals surface area contributed by atoms with Crippen LogP contribution in [0.5, 0.6) is 0 Å². The Morgan fingerprint density at radius 1 is 1.22 bits per heavy atom. The summed E-state index contributed by atoms with van der Waals surface area (Å²) in [6, 6.07) is 7.23. The highest BCUT2D eigenvalue weighted by Gasteiger charge is 2.50. The first-order chi connectivity index (χ1) is 16.0. The molecule has 0 saturated carbocycles. The number of carbonyl (C=O) groups excluding carboxylic acids is 2. The Kier molecular flexibility index (Phi) is 4.72. The number of halogens is 4. The molecule has 0 aliphatic carbocycles. The number of nitriles is 1. The number of rotatable bonds is 3. The first-order valence-corrected chi connectivity index (χ1v) is 9.32. The number of hydrogen-bond donors (Lipinski definition) is 1. The molecule has 0 spiro atoms. The predicted octanol–water partition coefficient (Wildman–Crippen LogP) is 3.99. The lowest BCUT2D eigenvalue weighted by atomic mass is 10.0. The second-order valence-electron chi connectivity index (χ2n) is 7.28. The van der Waals surface area contributed by atoms with Crippen molar-refractivity contribution in [1.82, 2.24) is 5.32 Å². The van der Waals surface area contributed by atoms with Crippen LogP contribution in [0.15, 0.2) is 36.4 Å². The maximum absolute atomic E-state index is 14.7. The van der Waals surface area contributed by atoms with E-state index in [9.17, 15) is 27.2 Å². The molecule has 1 saturated heterocycles. The highest BCUT2D eigenvalue weighted by atomic mass is 32.1. The normalized spacial score (nSPS) is 17.5. The van der Waals surface area contributed by atoms with E-state index in [1.54, 1.807) is 5.32 Å². The van der Waals surface area contributed by atoms with E-state index in [1.807, 2.05) is 0 Å². The summed E-state index contributed by atoms with van der Waals surface area (Å²) >= 11 is 5.36. The molecule has 3 rings (SSSR count). The number of alkyl halides is 3. The van der Waals surface area contributed by atoms with Crippen molar-refractivity contribution in [2.24, 2.45) is 0 Å². The summed E-state index contributed by atoms with van der Waals surface area (Å²) < 4.78 is 76.2. The largest absolute Gasteiger partial charge is 0.417 e. The number of thiocarbonyl (C=S) groups is 1. The van der Waals surface area contributed by atoms with Gasteiger partial charge in [-0.25, -0.2) is 4.39 Å². The second-order valence-corrected chi connectivity index (χ2v) is 7.64. The topological polar surface area (TPSA) is 76.4 Å². The average Bonchev–Trinajstić information content (AvgIpc) is 2.89. The maximum Gasteiger partial charge on any atom is 0.417 e. The van der Waals surface area contributed by atoms with Crippen molar-refractivity contribution in [2.45, 2.75) is 25.6 Å². The van der Waals surface area contributed by atoms with Crippen LogP contribution in [-0.4, -0.2) is 29.4 Å². The van der Waals surface area contributed by atoms with E-state index in [2.05, 4.69) is 0 Å². The zero-order valence-electron chi connectivity index (χ0n) is 19.5. The van der Waals surface area contributed by atoms with Gasteiger partial charge >= 0.3 is 6.18 Å². The molecule has 0 atom stereocenters. The highest BCUT2D eigenvalue weighted by Crippen LogP contribution is 2.39. The lowest BCUT2D eigenvalue weighted by Crippen LogP contribution is -2.44. The average molecular weight is 467 g/mol. The van der Waals surface area contributed by atoms with E-state index in [0.717, 1.165) is 29.2 Å². The van der Waals surface area contributed by atoms with Gasteiger partial charge in [0.15, 0.2) is 5.11 Å². The second kappa shape index (κ2) is 7.87. The van der Waals surface area contributed by atoms with Gasteiger partial charge in [0.1, 0.15) is 11.4 Å². The molecular weight excluding hydrogens is 448 g/mol. The Morgan fingerprint density at radius 2 is 1.88 bits per heavy atom. The first-order valence-electron chi connectivity index (χ1n) is 10.4. The van der Waals surface area contributed by atoms with E-state index in [1.165, 1.54) is 30.9 Å². The van der Waals surface area contributed by atoms with Crippen LogP contribution in [0.1, 0.15) is 39.4 Å². The summed E-state index contributed by atoms with van der Waals surface area (Å²) in [5.41, 5.74) is -4.17. The van der Waals surface area contributed by atoms with Gasteiger partial charge in [-0.3, -0.25) is 14.5 Å². The molecule has 11 heteroatoms. The molecule has 1 N–H and O–H groups in total. The van der Waals surface area contributed by atoms with Crippen LogP contribution < -0.4 is 15.1 Å². The third-order valence-electron chi connectivity index (χ3n) is 4.92. The zero-order chi connectivity index (χ0) is 26.5. The predicted molar refractivity (Wildman–Crippen MR) is 113 cm³/mol. The Hall–Kier alpha value is -3.52. The number of anilines is 2. The van der Waals surface area contributed by atoms with Gasteiger partial charge in [0.25, 0.3) is 11.8 Å². The van der Waals surface area contributed by atoms with Crippen molar-refractivity contribution in [1.29, 1.82) is 5.26 Å². The van der Waals surface area contributed by atoms with Gasteiger partial charge in [0, 0.05) is 16.8 Å². The molecule has 0 radical (unpaired) electrons. The molecule has 2 amide bonds. The summed E-state index contributed by atoms with van der Waals surface area (Å²) in [5.74, 6) is -3.01. The summed E-state index contributed by atoms with van der Waals surface area (Å²) in [5, 5.41) is 10.4. The Morgan fingerprint density at radius 3 is 2.44 bits per heavy atom. The smallest absolute Gasteiger partial charge is 0.355 e. The van der Waals surface area contributed by atoms with Gasteiger partial charge in [-0.2, -0.15) is 18.4 Å². The number of benzene rings is 2. The number of hydrogen-bond acceptors (Lipinski definition) is 4.